The van der Waals surface area contributed by atoms with E-state index in [4.69, 9.17) is 25.8 Å². The molecule has 1 aliphatic heterocycles. The SMILES string of the molecule is CC(=O)c1cc2c(cc1NC(=O)COC(=O)c1ccccc1Cl)OCO2. The van der Waals surface area contributed by atoms with Gasteiger partial charge in [-0.25, -0.2) is 4.79 Å². The van der Waals surface area contributed by atoms with Gasteiger partial charge in [0.1, 0.15) is 0 Å². The highest BCUT2D eigenvalue weighted by atomic mass is 35.5. The van der Waals surface area contributed by atoms with Gasteiger partial charge < -0.3 is 19.5 Å². The van der Waals surface area contributed by atoms with Crippen molar-refractivity contribution < 1.29 is 28.6 Å². The fraction of sp³-hybridized carbons (Fsp3) is 0.167. The minimum absolute atomic E-state index is 0.0412. The summed E-state index contributed by atoms with van der Waals surface area (Å²) in [6.45, 7) is 0.875. The van der Waals surface area contributed by atoms with Crippen LogP contribution in [0.2, 0.25) is 5.02 Å². The maximum Gasteiger partial charge on any atom is 0.340 e. The molecule has 3 rings (SSSR count). The summed E-state index contributed by atoms with van der Waals surface area (Å²) in [5, 5.41) is 2.77. The van der Waals surface area contributed by atoms with Crippen LogP contribution in [-0.2, 0) is 9.53 Å². The molecule has 2 aromatic rings. The normalized spacial score (nSPS) is 11.8. The van der Waals surface area contributed by atoms with E-state index in [1.165, 1.54) is 25.1 Å². The molecular formula is C18H14ClNO6. The van der Waals surface area contributed by atoms with Crippen LogP contribution in [0.4, 0.5) is 5.69 Å². The first-order chi connectivity index (χ1) is 12.5. The third-order valence-electron chi connectivity index (χ3n) is 3.59. The monoisotopic (exact) mass is 375 g/mol. The first-order valence-corrected chi connectivity index (χ1v) is 7.99. The first kappa shape index (κ1) is 17.8. The molecule has 134 valence electrons. The number of Topliss-reactive ketones (excluding diaryl/α,β-unsaturated/α-hetero) is 1. The van der Waals surface area contributed by atoms with Crippen molar-refractivity contribution in [2.24, 2.45) is 0 Å². The van der Waals surface area contributed by atoms with Gasteiger partial charge in [-0.1, -0.05) is 23.7 Å². The minimum atomic E-state index is -0.719. The maximum absolute atomic E-state index is 12.1. The summed E-state index contributed by atoms with van der Waals surface area (Å²) in [6, 6.07) is 9.34. The van der Waals surface area contributed by atoms with E-state index in [0.717, 1.165) is 0 Å². The van der Waals surface area contributed by atoms with Crippen LogP contribution in [0, 0.1) is 0 Å². The zero-order valence-electron chi connectivity index (χ0n) is 13.7. The van der Waals surface area contributed by atoms with E-state index in [0.29, 0.717) is 11.5 Å². The van der Waals surface area contributed by atoms with Crippen molar-refractivity contribution >= 4 is 34.9 Å². The molecule has 0 bridgehead atoms. The van der Waals surface area contributed by atoms with E-state index >= 15 is 0 Å². The van der Waals surface area contributed by atoms with E-state index in [9.17, 15) is 14.4 Å². The van der Waals surface area contributed by atoms with Gasteiger partial charge in [0.25, 0.3) is 5.91 Å². The second-order valence-electron chi connectivity index (χ2n) is 5.41. The number of fused-ring (bicyclic) bond motifs is 1. The number of esters is 1. The number of hydrogen-bond acceptors (Lipinski definition) is 6. The van der Waals surface area contributed by atoms with Crippen molar-refractivity contribution in [1.82, 2.24) is 0 Å². The molecule has 26 heavy (non-hydrogen) atoms. The highest BCUT2D eigenvalue weighted by molar-refractivity contribution is 6.33. The molecule has 0 fully saturated rings. The Labute approximate surface area is 153 Å². The van der Waals surface area contributed by atoms with E-state index in [2.05, 4.69) is 5.32 Å². The van der Waals surface area contributed by atoms with Gasteiger partial charge in [0.2, 0.25) is 6.79 Å². The predicted octanol–water partition coefficient (Wildman–Crippen LogP) is 3.07. The summed E-state index contributed by atoms with van der Waals surface area (Å²) in [6.07, 6.45) is 0. The number of benzene rings is 2. The number of hydrogen-bond donors (Lipinski definition) is 1. The van der Waals surface area contributed by atoms with Crippen molar-refractivity contribution in [3.8, 4) is 11.5 Å². The number of amides is 1. The minimum Gasteiger partial charge on any atom is -0.454 e. The van der Waals surface area contributed by atoms with Gasteiger partial charge in [0.05, 0.1) is 16.3 Å². The standard InChI is InChI=1S/C18H14ClNO6/c1-10(21)12-6-15-16(26-9-25-15)7-14(12)20-17(22)8-24-18(23)11-4-2-3-5-13(11)19/h2-7H,8-9H2,1H3,(H,20,22). The van der Waals surface area contributed by atoms with Crippen LogP contribution in [0.25, 0.3) is 0 Å². The summed E-state index contributed by atoms with van der Waals surface area (Å²) in [7, 11) is 0. The van der Waals surface area contributed by atoms with Crippen LogP contribution in [0.1, 0.15) is 27.6 Å². The van der Waals surface area contributed by atoms with Gasteiger partial charge in [-0.05, 0) is 25.1 Å². The van der Waals surface area contributed by atoms with Crippen molar-refractivity contribution in [3.05, 3.63) is 52.5 Å². The van der Waals surface area contributed by atoms with Gasteiger partial charge in [0, 0.05) is 11.6 Å². The maximum atomic E-state index is 12.1. The van der Waals surface area contributed by atoms with Crippen LogP contribution in [0.5, 0.6) is 11.5 Å². The molecule has 0 unspecified atom stereocenters. The summed E-state index contributed by atoms with van der Waals surface area (Å²) in [5.41, 5.74) is 0.676. The lowest BCUT2D eigenvalue weighted by Crippen LogP contribution is -2.22. The smallest absolute Gasteiger partial charge is 0.340 e. The molecule has 0 spiro atoms. The Bertz CT molecular complexity index is 895. The average Bonchev–Trinajstić information content (AvgIpc) is 3.06. The largest absolute Gasteiger partial charge is 0.454 e. The van der Waals surface area contributed by atoms with Crippen LogP contribution in [-0.4, -0.2) is 31.1 Å². The average molecular weight is 376 g/mol. The number of ether oxygens (including phenoxy) is 3. The van der Waals surface area contributed by atoms with Crippen molar-refractivity contribution in [2.75, 3.05) is 18.7 Å². The number of ketones is 1. The quantitative estimate of drug-likeness (QED) is 0.638. The molecule has 7 nitrogen and oxygen atoms in total. The topological polar surface area (TPSA) is 90.9 Å². The van der Waals surface area contributed by atoms with Gasteiger partial charge in [-0.15, -0.1) is 0 Å². The second-order valence-corrected chi connectivity index (χ2v) is 5.82. The molecule has 2 aromatic carbocycles. The number of anilines is 1. The number of rotatable bonds is 5. The Hall–Kier alpha value is -3.06. The summed E-state index contributed by atoms with van der Waals surface area (Å²) in [4.78, 5) is 35.9. The number of halogens is 1. The molecule has 0 aromatic heterocycles. The molecular weight excluding hydrogens is 362 g/mol. The Morgan fingerprint density at radius 3 is 2.50 bits per heavy atom. The zero-order valence-corrected chi connectivity index (χ0v) is 14.5. The van der Waals surface area contributed by atoms with Crippen LogP contribution in [0.3, 0.4) is 0 Å². The molecule has 0 saturated carbocycles. The molecule has 0 radical (unpaired) electrons. The second kappa shape index (κ2) is 7.45. The molecule has 1 heterocycles. The van der Waals surface area contributed by atoms with Gasteiger partial charge in [0.15, 0.2) is 23.9 Å². The van der Waals surface area contributed by atoms with Crippen molar-refractivity contribution in [3.63, 3.8) is 0 Å². The van der Waals surface area contributed by atoms with Crippen LogP contribution < -0.4 is 14.8 Å². The molecule has 1 amide bonds. The van der Waals surface area contributed by atoms with Gasteiger partial charge in [-0.2, -0.15) is 0 Å². The number of carbonyl (C=O) groups is 3. The molecule has 8 heteroatoms. The Morgan fingerprint density at radius 2 is 1.81 bits per heavy atom. The summed E-state index contributed by atoms with van der Waals surface area (Å²) in [5.74, 6) is -0.738. The van der Waals surface area contributed by atoms with Crippen molar-refractivity contribution in [2.45, 2.75) is 6.92 Å². The van der Waals surface area contributed by atoms with Crippen LogP contribution in [0.15, 0.2) is 36.4 Å². The lowest BCUT2D eigenvalue weighted by atomic mass is 10.1. The third kappa shape index (κ3) is 3.78. The molecule has 1 N–H and O–H groups in total. The highest BCUT2D eigenvalue weighted by Crippen LogP contribution is 2.37. The van der Waals surface area contributed by atoms with Gasteiger partial charge >= 0.3 is 5.97 Å². The van der Waals surface area contributed by atoms with Crippen LogP contribution >= 0.6 is 11.6 Å². The zero-order chi connectivity index (χ0) is 18.7. The first-order valence-electron chi connectivity index (χ1n) is 7.62. The molecule has 0 aliphatic carbocycles. The molecule has 1 aliphatic rings. The lowest BCUT2D eigenvalue weighted by molar-refractivity contribution is -0.119. The highest BCUT2D eigenvalue weighted by Gasteiger charge is 2.21. The number of carbonyl (C=O) groups excluding carboxylic acids is 3. The fourth-order valence-corrected chi connectivity index (χ4v) is 2.57. The molecule has 0 saturated heterocycles. The third-order valence-corrected chi connectivity index (χ3v) is 3.92. The van der Waals surface area contributed by atoms with E-state index in [1.807, 2.05) is 0 Å². The summed E-state index contributed by atoms with van der Waals surface area (Å²) >= 11 is 5.91. The van der Waals surface area contributed by atoms with E-state index in [-0.39, 0.29) is 34.4 Å². The van der Waals surface area contributed by atoms with E-state index in [1.54, 1.807) is 18.2 Å². The van der Waals surface area contributed by atoms with E-state index < -0.39 is 18.5 Å². The Balaban J connectivity index is 1.68. The lowest BCUT2D eigenvalue weighted by Gasteiger charge is -2.11. The fourth-order valence-electron chi connectivity index (χ4n) is 2.36. The Kier molecular flexibility index (Phi) is 5.09. The van der Waals surface area contributed by atoms with Gasteiger partial charge in [-0.3, -0.25) is 9.59 Å². The predicted molar refractivity (Wildman–Crippen MR) is 92.9 cm³/mol. The Morgan fingerprint density at radius 1 is 1.12 bits per heavy atom. The summed E-state index contributed by atoms with van der Waals surface area (Å²) < 4.78 is 15.4. The van der Waals surface area contributed by atoms with Crippen molar-refractivity contribution in [1.29, 1.82) is 0 Å². The molecule has 0 atom stereocenters. The number of nitrogens with one attached hydrogen (secondary N) is 1.